The summed E-state index contributed by atoms with van der Waals surface area (Å²) in [5, 5.41) is 9.47. The molecule has 0 aliphatic rings. The molecule has 0 atom stereocenters. The maximum absolute atomic E-state index is 11.9. The first-order valence-corrected chi connectivity index (χ1v) is 4.62. The maximum Gasteiger partial charge on any atom is 0.294 e. The Morgan fingerprint density at radius 3 is 3.06 bits per heavy atom. The van der Waals surface area contributed by atoms with E-state index < -0.39 is 12.2 Å². The van der Waals surface area contributed by atoms with Gasteiger partial charge >= 0.3 is 0 Å². The predicted molar refractivity (Wildman–Crippen MR) is 55.1 cm³/mol. The highest BCUT2D eigenvalue weighted by atomic mass is 19.1. The van der Waals surface area contributed by atoms with Gasteiger partial charge in [-0.2, -0.15) is 0 Å². The van der Waals surface area contributed by atoms with Crippen molar-refractivity contribution in [1.29, 1.82) is 0 Å². The highest BCUT2D eigenvalue weighted by molar-refractivity contribution is 5.78. The second-order valence-corrected chi connectivity index (χ2v) is 3.10. The van der Waals surface area contributed by atoms with Crippen molar-refractivity contribution in [3.05, 3.63) is 34.9 Å². The van der Waals surface area contributed by atoms with Crippen LogP contribution in [0.2, 0.25) is 0 Å². The lowest BCUT2D eigenvalue weighted by atomic mass is 10.2. The van der Waals surface area contributed by atoms with E-state index in [1.54, 1.807) is 0 Å². The standard InChI is InChI=1S/C10H9FN2O3/c11-3-4-16-13-6-12-9-2-1-7(14)5-8(9)10(13)15/h1-2,5-6,14H,3-4H2. The van der Waals surface area contributed by atoms with E-state index in [1.807, 2.05) is 0 Å². The van der Waals surface area contributed by atoms with E-state index in [4.69, 9.17) is 4.84 Å². The molecule has 0 saturated carbocycles. The molecule has 0 aliphatic carbocycles. The molecule has 1 heterocycles. The smallest absolute Gasteiger partial charge is 0.294 e. The number of hydrogen-bond acceptors (Lipinski definition) is 4. The van der Waals surface area contributed by atoms with E-state index in [2.05, 4.69) is 4.98 Å². The fraction of sp³-hybridized carbons (Fsp3) is 0.200. The predicted octanol–water partition coefficient (Wildman–Crippen LogP) is 0.500. The third-order valence-corrected chi connectivity index (χ3v) is 2.02. The topological polar surface area (TPSA) is 64.3 Å². The molecule has 5 nitrogen and oxygen atoms in total. The number of halogens is 1. The Morgan fingerprint density at radius 1 is 1.50 bits per heavy atom. The van der Waals surface area contributed by atoms with E-state index in [-0.39, 0.29) is 17.7 Å². The molecule has 1 aromatic carbocycles. The largest absolute Gasteiger partial charge is 0.508 e. The minimum Gasteiger partial charge on any atom is -0.508 e. The zero-order valence-electron chi connectivity index (χ0n) is 8.26. The molecule has 84 valence electrons. The number of nitrogens with zero attached hydrogens (tertiary/aromatic N) is 2. The van der Waals surface area contributed by atoms with Gasteiger partial charge in [0.25, 0.3) is 5.56 Å². The number of aromatic hydroxyl groups is 1. The lowest BCUT2D eigenvalue weighted by molar-refractivity contribution is 0.0889. The quantitative estimate of drug-likeness (QED) is 0.824. The van der Waals surface area contributed by atoms with Crippen molar-refractivity contribution in [2.75, 3.05) is 13.3 Å². The van der Waals surface area contributed by atoms with Gasteiger partial charge in [0.05, 0.1) is 10.9 Å². The van der Waals surface area contributed by atoms with E-state index in [0.29, 0.717) is 5.52 Å². The maximum atomic E-state index is 11.9. The van der Waals surface area contributed by atoms with Crippen molar-refractivity contribution >= 4 is 10.9 Å². The molecule has 0 aliphatic heterocycles. The lowest BCUT2D eigenvalue weighted by Crippen LogP contribution is -2.28. The summed E-state index contributed by atoms with van der Waals surface area (Å²) in [6.45, 7) is -0.906. The van der Waals surface area contributed by atoms with Crippen LogP contribution in [0.1, 0.15) is 0 Å². The van der Waals surface area contributed by atoms with Crippen LogP contribution < -0.4 is 10.4 Å². The van der Waals surface area contributed by atoms with Crippen LogP contribution in [0.15, 0.2) is 29.3 Å². The summed E-state index contributed by atoms with van der Waals surface area (Å²) < 4.78 is 12.7. The molecule has 0 saturated heterocycles. The molecule has 0 unspecified atom stereocenters. The molecule has 0 spiro atoms. The van der Waals surface area contributed by atoms with Gasteiger partial charge in [-0.25, -0.2) is 9.37 Å². The van der Waals surface area contributed by atoms with Crippen molar-refractivity contribution in [2.24, 2.45) is 0 Å². The van der Waals surface area contributed by atoms with Crippen LogP contribution in [-0.4, -0.2) is 28.1 Å². The molecule has 2 aromatic rings. The Balaban J connectivity index is 2.55. The van der Waals surface area contributed by atoms with Crippen LogP contribution in [0.5, 0.6) is 5.75 Å². The summed E-state index contributed by atoms with van der Waals surface area (Å²) in [6, 6.07) is 4.24. The molecule has 0 amide bonds. The molecule has 0 fully saturated rings. The first-order valence-electron chi connectivity index (χ1n) is 4.62. The third-order valence-electron chi connectivity index (χ3n) is 2.02. The van der Waals surface area contributed by atoms with Crippen LogP contribution in [0.3, 0.4) is 0 Å². The van der Waals surface area contributed by atoms with E-state index in [0.717, 1.165) is 4.73 Å². The van der Waals surface area contributed by atoms with Crippen LogP contribution in [0, 0.1) is 0 Å². The Morgan fingerprint density at radius 2 is 2.31 bits per heavy atom. The summed E-state index contributed by atoms with van der Waals surface area (Å²) in [5.74, 6) is -0.0327. The van der Waals surface area contributed by atoms with Crippen molar-refractivity contribution in [3.63, 3.8) is 0 Å². The number of fused-ring (bicyclic) bond motifs is 1. The van der Waals surface area contributed by atoms with Crippen LogP contribution in [0.4, 0.5) is 4.39 Å². The van der Waals surface area contributed by atoms with E-state index in [1.165, 1.54) is 24.5 Å². The van der Waals surface area contributed by atoms with Crippen molar-refractivity contribution in [1.82, 2.24) is 9.71 Å². The number of alkyl halides is 1. The fourth-order valence-corrected chi connectivity index (χ4v) is 1.32. The van der Waals surface area contributed by atoms with Crippen molar-refractivity contribution in [2.45, 2.75) is 0 Å². The molecular formula is C10H9FN2O3. The number of benzene rings is 1. The first kappa shape index (κ1) is 10.4. The van der Waals surface area contributed by atoms with E-state index in [9.17, 15) is 14.3 Å². The Labute approximate surface area is 89.7 Å². The summed E-state index contributed by atoms with van der Waals surface area (Å²) >= 11 is 0. The Hall–Kier alpha value is -2.11. The van der Waals surface area contributed by atoms with Gasteiger partial charge in [-0.15, -0.1) is 4.73 Å². The summed E-state index contributed by atoms with van der Waals surface area (Å²) in [4.78, 5) is 20.5. The second-order valence-electron chi connectivity index (χ2n) is 3.10. The molecule has 0 bridgehead atoms. The molecule has 0 radical (unpaired) electrons. The van der Waals surface area contributed by atoms with Gasteiger partial charge < -0.3 is 9.94 Å². The monoisotopic (exact) mass is 224 g/mol. The highest BCUT2D eigenvalue weighted by Crippen LogP contribution is 2.13. The van der Waals surface area contributed by atoms with E-state index >= 15 is 0 Å². The van der Waals surface area contributed by atoms with Gasteiger partial charge in [-0.3, -0.25) is 4.79 Å². The van der Waals surface area contributed by atoms with Crippen molar-refractivity contribution < 1.29 is 14.3 Å². The Bertz CT molecular complexity index is 567. The number of rotatable bonds is 3. The average molecular weight is 224 g/mol. The molecule has 1 N–H and O–H groups in total. The Kier molecular flexibility index (Phi) is 2.72. The average Bonchev–Trinajstić information content (AvgIpc) is 2.29. The molecular weight excluding hydrogens is 215 g/mol. The lowest BCUT2D eigenvalue weighted by Gasteiger charge is -2.06. The van der Waals surface area contributed by atoms with Gasteiger partial charge in [0.1, 0.15) is 25.4 Å². The third kappa shape index (κ3) is 1.81. The highest BCUT2D eigenvalue weighted by Gasteiger charge is 2.05. The minimum absolute atomic E-state index is 0.0327. The summed E-state index contributed by atoms with van der Waals surface area (Å²) in [5.41, 5.74) is -0.0303. The van der Waals surface area contributed by atoms with Crippen LogP contribution in [-0.2, 0) is 0 Å². The van der Waals surface area contributed by atoms with Gasteiger partial charge in [-0.05, 0) is 18.2 Å². The van der Waals surface area contributed by atoms with Gasteiger partial charge in [0, 0.05) is 0 Å². The van der Waals surface area contributed by atoms with Gasteiger partial charge in [0.2, 0.25) is 0 Å². The number of aromatic nitrogens is 2. The fourth-order valence-electron chi connectivity index (χ4n) is 1.32. The zero-order chi connectivity index (χ0) is 11.5. The minimum atomic E-state index is -0.690. The number of phenols is 1. The SMILES string of the molecule is O=c1c2cc(O)ccc2ncn1OCCF. The molecule has 1 aromatic heterocycles. The van der Waals surface area contributed by atoms with Crippen LogP contribution in [0.25, 0.3) is 10.9 Å². The molecule has 2 rings (SSSR count). The molecule has 6 heteroatoms. The normalized spacial score (nSPS) is 10.6. The second kappa shape index (κ2) is 4.18. The first-order chi connectivity index (χ1) is 7.72. The number of hydrogen-bond donors (Lipinski definition) is 1. The summed E-state index contributed by atoms with van der Waals surface area (Å²) in [7, 11) is 0. The molecule has 16 heavy (non-hydrogen) atoms. The summed E-state index contributed by atoms with van der Waals surface area (Å²) in [6.07, 6.45) is 1.18. The van der Waals surface area contributed by atoms with Gasteiger partial charge in [-0.1, -0.05) is 0 Å². The van der Waals surface area contributed by atoms with Gasteiger partial charge in [0.15, 0.2) is 0 Å². The van der Waals surface area contributed by atoms with Crippen molar-refractivity contribution in [3.8, 4) is 5.75 Å². The zero-order valence-corrected chi connectivity index (χ0v) is 8.26. The van der Waals surface area contributed by atoms with Crippen LogP contribution >= 0.6 is 0 Å². The number of phenolic OH excluding ortho intramolecular Hbond substituents is 1.